The molecule has 0 spiro atoms. The molecule has 0 aliphatic heterocycles. The van der Waals surface area contributed by atoms with E-state index < -0.39 is 48.3 Å². The highest BCUT2D eigenvalue weighted by Crippen LogP contribution is 2.55. The molecule has 0 aromatic heterocycles. The monoisotopic (exact) mass is 458 g/mol. The summed E-state index contributed by atoms with van der Waals surface area (Å²) in [5.41, 5.74) is 4.20. The van der Waals surface area contributed by atoms with Crippen molar-refractivity contribution < 1.29 is 33.0 Å². The number of aliphatic carboxylic acids is 1. The standard InChI is InChI=1S/C24H24F2N2O5/c1-13(22(30)31)28(2)21(29)20-19(24(20,25)26)11-27-23(32)33-12-18-16-9-5-3-7-14(16)15-8-4-6-10-17(15)18/h3-10,13,18-20H,11-12H2,1-2H3,(H,27,32)(H,30,31)/t13?,19-,20-/m0/s1. The fourth-order valence-electron chi connectivity index (χ4n) is 4.40. The fourth-order valence-corrected chi connectivity index (χ4v) is 4.40. The highest BCUT2D eigenvalue weighted by atomic mass is 19.3. The van der Waals surface area contributed by atoms with Crippen LogP contribution in [0.3, 0.4) is 0 Å². The summed E-state index contributed by atoms with van der Waals surface area (Å²) in [7, 11) is 1.17. The van der Waals surface area contributed by atoms with E-state index in [0.29, 0.717) is 0 Å². The van der Waals surface area contributed by atoms with Gasteiger partial charge in [0.15, 0.2) is 0 Å². The van der Waals surface area contributed by atoms with Crippen molar-refractivity contribution in [2.75, 3.05) is 20.2 Å². The number of fused-ring (bicyclic) bond motifs is 3. The van der Waals surface area contributed by atoms with Crippen molar-refractivity contribution in [2.45, 2.75) is 24.8 Å². The molecule has 1 fully saturated rings. The summed E-state index contributed by atoms with van der Waals surface area (Å²) in [4.78, 5) is 36.3. The molecule has 174 valence electrons. The van der Waals surface area contributed by atoms with E-state index in [9.17, 15) is 23.2 Å². The van der Waals surface area contributed by atoms with Gasteiger partial charge in [-0.05, 0) is 29.2 Å². The zero-order valence-electron chi connectivity index (χ0n) is 18.1. The SMILES string of the molecule is CC(C(=O)O)N(C)C(=O)[C@@H]1[C@H](CNC(=O)OCC2c3ccccc3-c3ccccc32)C1(F)F. The second kappa shape index (κ2) is 8.46. The molecular formula is C24H24F2N2O5. The Labute approximate surface area is 189 Å². The summed E-state index contributed by atoms with van der Waals surface area (Å²) in [6, 6.07) is 14.4. The van der Waals surface area contributed by atoms with Crippen molar-refractivity contribution in [1.29, 1.82) is 0 Å². The van der Waals surface area contributed by atoms with Crippen molar-refractivity contribution in [3.8, 4) is 11.1 Å². The van der Waals surface area contributed by atoms with E-state index in [-0.39, 0.29) is 12.5 Å². The molecule has 2 aliphatic rings. The molecule has 0 saturated heterocycles. The number of halogens is 2. The van der Waals surface area contributed by atoms with Crippen LogP contribution in [-0.4, -0.2) is 60.1 Å². The largest absolute Gasteiger partial charge is 0.480 e. The lowest BCUT2D eigenvalue weighted by molar-refractivity contribution is -0.149. The molecule has 2 aromatic carbocycles. The van der Waals surface area contributed by atoms with Crippen molar-refractivity contribution in [3.63, 3.8) is 0 Å². The van der Waals surface area contributed by atoms with Crippen LogP contribution in [-0.2, 0) is 14.3 Å². The van der Waals surface area contributed by atoms with Crippen LogP contribution in [0.1, 0.15) is 24.0 Å². The Bertz CT molecular complexity index is 1060. The summed E-state index contributed by atoms with van der Waals surface area (Å²) in [5, 5.41) is 11.3. The first-order valence-electron chi connectivity index (χ1n) is 10.6. The van der Waals surface area contributed by atoms with Gasteiger partial charge in [0.05, 0.1) is 5.92 Å². The van der Waals surface area contributed by atoms with Crippen LogP contribution in [0.25, 0.3) is 11.1 Å². The van der Waals surface area contributed by atoms with Gasteiger partial charge in [-0.3, -0.25) is 4.79 Å². The number of carbonyl (C=O) groups excluding carboxylic acids is 2. The van der Waals surface area contributed by atoms with Gasteiger partial charge in [0.1, 0.15) is 18.6 Å². The predicted molar refractivity (Wildman–Crippen MR) is 115 cm³/mol. The lowest BCUT2D eigenvalue weighted by Gasteiger charge is -2.21. The number of hydrogen-bond donors (Lipinski definition) is 2. The Morgan fingerprint density at radius 1 is 1.09 bits per heavy atom. The maximum absolute atomic E-state index is 14.2. The molecule has 2 aliphatic carbocycles. The average molecular weight is 458 g/mol. The molecular weight excluding hydrogens is 434 g/mol. The molecule has 7 nitrogen and oxygen atoms in total. The van der Waals surface area contributed by atoms with Gasteiger partial charge in [-0.25, -0.2) is 18.4 Å². The van der Waals surface area contributed by atoms with E-state index in [1.54, 1.807) is 0 Å². The van der Waals surface area contributed by atoms with Crippen LogP contribution in [0.5, 0.6) is 0 Å². The van der Waals surface area contributed by atoms with Gasteiger partial charge < -0.3 is 20.1 Å². The molecule has 0 radical (unpaired) electrons. The number of rotatable bonds is 7. The number of amides is 2. The highest BCUT2D eigenvalue weighted by molar-refractivity contribution is 5.88. The second-order valence-corrected chi connectivity index (χ2v) is 8.43. The van der Waals surface area contributed by atoms with Crippen LogP contribution < -0.4 is 5.32 Å². The summed E-state index contributed by atoms with van der Waals surface area (Å²) in [6.07, 6.45) is -0.849. The summed E-state index contributed by atoms with van der Waals surface area (Å²) in [5.74, 6) is -8.81. The number of nitrogens with zero attached hydrogens (tertiary/aromatic N) is 1. The van der Waals surface area contributed by atoms with Gasteiger partial charge >= 0.3 is 12.1 Å². The fraction of sp³-hybridized carbons (Fsp3) is 0.375. The molecule has 3 atom stereocenters. The number of carboxylic acid groups (broad SMARTS) is 1. The van der Waals surface area contributed by atoms with Crippen molar-refractivity contribution in [3.05, 3.63) is 59.7 Å². The molecule has 2 aromatic rings. The Balaban J connectivity index is 1.33. The maximum Gasteiger partial charge on any atom is 0.407 e. The zero-order valence-corrected chi connectivity index (χ0v) is 18.1. The Kier molecular flexibility index (Phi) is 5.82. The van der Waals surface area contributed by atoms with Gasteiger partial charge in [0.2, 0.25) is 5.91 Å². The second-order valence-electron chi connectivity index (χ2n) is 8.43. The zero-order chi connectivity index (χ0) is 23.9. The Morgan fingerprint density at radius 2 is 1.64 bits per heavy atom. The average Bonchev–Trinajstić information content (AvgIpc) is 3.20. The first kappa shape index (κ1) is 22.7. The van der Waals surface area contributed by atoms with Gasteiger partial charge in [0, 0.05) is 19.5 Å². The first-order chi connectivity index (χ1) is 15.6. The molecule has 1 saturated carbocycles. The topological polar surface area (TPSA) is 95.9 Å². The minimum absolute atomic E-state index is 0.0438. The normalized spacial score (nSPS) is 20.8. The summed E-state index contributed by atoms with van der Waals surface area (Å²) >= 11 is 0. The van der Waals surface area contributed by atoms with E-state index >= 15 is 0 Å². The van der Waals surface area contributed by atoms with Crippen molar-refractivity contribution in [2.24, 2.45) is 11.8 Å². The summed E-state index contributed by atoms with van der Waals surface area (Å²) < 4.78 is 33.7. The third kappa shape index (κ3) is 4.03. The van der Waals surface area contributed by atoms with E-state index in [0.717, 1.165) is 27.2 Å². The van der Waals surface area contributed by atoms with Crippen LogP contribution in [0, 0.1) is 11.8 Å². The quantitative estimate of drug-likeness (QED) is 0.664. The molecule has 0 heterocycles. The number of benzene rings is 2. The van der Waals surface area contributed by atoms with Gasteiger partial charge in [-0.15, -0.1) is 0 Å². The lowest BCUT2D eigenvalue weighted by atomic mass is 9.98. The number of likely N-dealkylation sites (N-methyl/N-ethyl adjacent to an activating group) is 1. The Morgan fingerprint density at radius 3 is 2.18 bits per heavy atom. The minimum atomic E-state index is -3.32. The number of alkyl halides is 2. The smallest absolute Gasteiger partial charge is 0.407 e. The highest BCUT2D eigenvalue weighted by Gasteiger charge is 2.72. The molecule has 1 unspecified atom stereocenters. The van der Waals surface area contributed by atoms with Crippen LogP contribution in [0.15, 0.2) is 48.5 Å². The van der Waals surface area contributed by atoms with Crippen molar-refractivity contribution in [1.82, 2.24) is 10.2 Å². The Hall–Kier alpha value is -3.49. The summed E-state index contributed by atoms with van der Waals surface area (Å²) in [6.45, 7) is 0.836. The van der Waals surface area contributed by atoms with E-state index in [4.69, 9.17) is 9.84 Å². The van der Waals surface area contributed by atoms with Gasteiger partial charge in [-0.1, -0.05) is 48.5 Å². The van der Waals surface area contributed by atoms with Crippen molar-refractivity contribution >= 4 is 18.0 Å². The predicted octanol–water partition coefficient (Wildman–Crippen LogP) is 3.34. The number of hydrogen-bond acceptors (Lipinski definition) is 4. The number of carboxylic acids is 1. The van der Waals surface area contributed by atoms with E-state index in [1.165, 1.54) is 14.0 Å². The third-order valence-electron chi connectivity index (χ3n) is 6.56. The number of carbonyl (C=O) groups is 3. The maximum atomic E-state index is 14.2. The first-order valence-corrected chi connectivity index (χ1v) is 10.6. The number of nitrogens with one attached hydrogen (secondary N) is 1. The van der Waals surface area contributed by atoms with E-state index in [2.05, 4.69) is 5.32 Å². The molecule has 2 amide bonds. The molecule has 4 rings (SSSR count). The van der Waals surface area contributed by atoms with Crippen LogP contribution in [0.4, 0.5) is 13.6 Å². The number of ether oxygens (including phenoxy) is 1. The van der Waals surface area contributed by atoms with Gasteiger partial charge in [-0.2, -0.15) is 0 Å². The lowest BCUT2D eigenvalue weighted by Crippen LogP contribution is -2.42. The van der Waals surface area contributed by atoms with E-state index in [1.807, 2.05) is 48.5 Å². The molecule has 0 bridgehead atoms. The van der Waals surface area contributed by atoms with Crippen LogP contribution in [0.2, 0.25) is 0 Å². The molecule has 33 heavy (non-hydrogen) atoms. The molecule has 9 heteroatoms. The minimum Gasteiger partial charge on any atom is -0.480 e. The molecule has 2 N–H and O–H groups in total. The van der Waals surface area contributed by atoms with Gasteiger partial charge in [0.25, 0.3) is 5.92 Å². The third-order valence-corrected chi connectivity index (χ3v) is 6.56. The number of alkyl carbamates (subject to hydrolysis) is 1. The van der Waals surface area contributed by atoms with Crippen LogP contribution >= 0.6 is 0 Å².